The third-order valence-corrected chi connectivity index (χ3v) is 3.42. The number of thioether (sulfide) groups is 1. The molecule has 102 valence electrons. The molecule has 2 rings (SSSR count). The average Bonchev–Trinajstić information content (AvgIpc) is 3.10. The van der Waals surface area contributed by atoms with Crippen molar-refractivity contribution in [3.05, 3.63) is 30.1 Å². The normalized spacial score (nSPS) is 13.1. The Balaban J connectivity index is 0.00000144. The molecule has 1 heterocycles. The molecule has 1 aliphatic rings. The zero-order valence-corrected chi connectivity index (χ0v) is 12.5. The van der Waals surface area contributed by atoms with Crippen LogP contribution >= 0.6 is 36.6 Å². The minimum Gasteiger partial charge on any atom is -0.371 e. The van der Waals surface area contributed by atoms with E-state index in [1.807, 2.05) is 36.2 Å². The van der Waals surface area contributed by atoms with E-state index in [0.29, 0.717) is 11.9 Å². The maximum absolute atomic E-state index is 7.70. The third-order valence-electron chi connectivity index (χ3n) is 2.43. The first kappa shape index (κ1) is 17.6. The molecule has 6 heteroatoms. The van der Waals surface area contributed by atoms with Gasteiger partial charge < -0.3 is 5.32 Å². The number of aromatic nitrogens is 1. The van der Waals surface area contributed by atoms with Gasteiger partial charge >= 0.3 is 0 Å². The zero-order chi connectivity index (χ0) is 11.2. The number of nitrogens with one attached hydrogen (secondary N) is 2. The SMILES string of the molecule is Cl.Cl.N=C(CCSCc1ccccn1)NC1CC1. The number of hydrogen-bond acceptors (Lipinski definition) is 3. The van der Waals surface area contributed by atoms with Gasteiger partial charge in [-0.05, 0) is 25.0 Å². The van der Waals surface area contributed by atoms with Gasteiger partial charge in [0.05, 0.1) is 11.5 Å². The molecule has 1 aliphatic carbocycles. The van der Waals surface area contributed by atoms with Gasteiger partial charge in [0, 0.05) is 30.2 Å². The molecule has 18 heavy (non-hydrogen) atoms. The van der Waals surface area contributed by atoms with Crippen LogP contribution in [0, 0.1) is 5.41 Å². The first-order chi connectivity index (χ1) is 7.84. The molecule has 0 amide bonds. The van der Waals surface area contributed by atoms with Gasteiger partial charge in [-0.25, -0.2) is 0 Å². The Kier molecular flexibility index (Phi) is 9.24. The van der Waals surface area contributed by atoms with Gasteiger partial charge in [-0.3, -0.25) is 10.4 Å². The van der Waals surface area contributed by atoms with Crippen LogP contribution in [-0.4, -0.2) is 22.6 Å². The van der Waals surface area contributed by atoms with Crippen molar-refractivity contribution in [3.8, 4) is 0 Å². The van der Waals surface area contributed by atoms with E-state index in [1.54, 1.807) is 0 Å². The summed E-state index contributed by atoms with van der Waals surface area (Å²) < 4.78 is 0. The van der Waals surface area contributed by atoms with Crippen molar-refractivity contribution < 1.29 is 0 Å². The summed E-state index contributed by atoms with van der Waals surface area (Å²) in [7, 11) is 0. The highest BCUT2D eigenvalue weighted by Gasteiger charge is 2.21. The number of amidine groups is 1. The van der Waals surface area contributed by atoms with Crippen molar-refractivity contribution in [1.29, 1.82) is 5.41 Å². The second-order valence-electron chi connectivity index (χ2n) is 4.02. The fraction of sp³-hybridized carbons (Fsp3) is 0.500. The lowest BCUT2D eigenvalue weighted by Crippen LogP contribution is -2.24. The van der Waals surface area contributed by atoms with Gasteiger partial charge in [-0.2, -0.15) is 11.8 Å². The summed E-state index contributed by atoms with van der Waals surface area (Å²) in [6.07, 6.45) is 5.15. The minimum atomic E-state index is 0. The second-order valence-corrected chi connectivity index (χ2v) is 5.13. The van der Waals surface area contributed by atoms with Gasteiger partial charge in [-0.15, -0.1) is 24.8 Å². The van der Waals surface area contributed by atoms with Crippen LogP contribution in [-0.2, 0) is 5.75 Å². The highest BCUT2D eigenvalue weighted by atomic mass is 35.5. The quantitative estimate of drug-likeness (QED) is 0.482. The molecule has 1 aromatic rings. The highest BCUT2D eigenvalue weighted by Crippen LogP contribution is 2.19. The monoisotopic (exact) mass is 307 g/mol. The highest BCUT2D eigenvalue weighted by molar-refractivity contribution is 7.98. The topological polar surface area (TPSA) is 48.8 Å². The Labute approximate surface area is 125 Å². The number of nitrogens with zero attached hydrogens (tertiary/aromatic N) is 1. The Morgan fingerprint density at radius 3 is 2.78 bits per heavy atom. The van der Waals surface area contributed by atoms with Gasteiger partial charge in [0.25, 0.3) is 0 Å². The molecule has 0 spiro atoms. The molecular formula is C12H19Cl2N3S. The second kappa shape index (κ2) is 9.48. The molecule has 0 bridgehead atoms. The predicted molar refractivity (Wildman–Crippen MR) is 83.4 cm³/mol. The fourth-order valence-corrected chi connectivity index (χ4v) is 2.25. The Morgan fingerprint density at radius 1 is 1.39 bits per heavy atom. The smallest absolute Gasteiger partial charge is 0.0941 e. The summed E-state index contributed by atoms with van der Waals surface area (Å²) in [5, 5.41) is 10.9. The molecule has 2 N–H and O–H groups in total. The van der Waals surface area contributed by atoms with Gasteiger partial charge in [-0.1, -0.05) is 6.07 Å². The number of rotatable bonds is 6. The lowest BCUT2D eigenvalue weighted by atomic mass is 10.4. The van der Waals surface area contributed by atoms with E-state index in [4.69, 9.17) is 5.41 Å². The lowest BCUT2D eigenvalue weighted by Gasteiger charge is -2.05. The van der Waals surface area contributed by atoms with Crippen LogP contribution in [0.3, 0.4) is 0 Å². The molecule has 1 fully saturated rings. The van der Waals surface area contributed by atoms with Crippen molar-refractivity contribution in [2.45, 2.75) is 31.1 Å². The van der Waals surface area contributed by atoms with E-state index in [-0.39, 0.29) is 24.8 Å². The summed E-state index contributed by atoms with van der Waals surface area (Å²) >= 11 is 1.84. The summed E-state index contributed by atoms with van der Waals surface area (Å²) in [6.45, 7) is 0. The first-order valence-electron chi connectivity index (χ1n) is 5.66. The Hall–Kier alpha value is -0.450. The van der Waals surface area contributed by atoms with Crippen molar-refractivity contribution in [2.24, 2.45) is 0 Å². The fourth-order valence-electron chi connectivity index (χ4n) is 1.38. The number of hydrogen-bond donors (Lipinski definition) is 2. The molecule has 0 aliphatic heterocycles. The van der Waals surface area contributed by atoms with Crippen LogP contribution in [0.15, 0.2) is 24.4 Å². The third kappa shape index (κ3) is 7.09. The Morgan fingerprint density at radius 2 is 2.17 bits per heavy atom. The summed E-state index contributed by atoms with van der Waals surface area (Å²) in [4.78, 5) is 4.26. The maximum Gasteiger partial charge on any atom is 0.0941 e. The molecule has 0 unspecified atom stereocenters. The van der Waals surface area contributed by atoms with Crippen LogP contribution in [0.1, 0.15) is 25.0 Å². The molecular weight excluding hydrogens is 289 g/mol. The molecule has 0 atom stereocenters. The molecule has 3 nitrogen and oxygen atoms in total. The van der Waals surface area contributed by atoms with Crippen LogP contribution in [0.4, 0.5) is 0 Å². The molecule has 0 radical (unpaired) electrons. The molecule has 0 aromatic carbocycles. The number of pyridine rings is 1. The van der Waals surface area contributed by atoms with Crippen molar-refractivity contribution >= 4 is 42.4 Å². The van der Waals surface area contributed by atoms with Gasteiger partial charge in [0.2, 0.25) is 0 Å². The van der Waals surface area contributed by atoms with Crippen LogP contribution < -0.4 is 5.32 Å². The zero-order valence-electron chi connectivity index (χ0n) is 10.1. The predicted octanol–water partition coefficient (Wildman–Crippen LogP) is 3.28. The van der Waals surface area contributed by atoms with Crippen molar-refractivity contribution in [1.82, 2.24) is 10.3 Å². The van der Waals surface area contributed by atoms with E-state index in [9.17, 15) is 0 Å². The first-order valence-corrected chi connectivity index (χ1v) is 6.81. The lowest BCUT2D eigenvalue weighted by molar-refractivity contribution is 0.876. The standard InChI is InChI=1S/C12H17N3S.2ClH/c13-12(15-10-4-5-10)6-8-16-9-11-3-1-2-7-14-11;;/h1-3,7,10H,4-6,8-9H2,(H2,13,15);2*1H. The van der Waals surface area contributed by atoms with Crippen molar-refractivity contribution in [2.75, 3.05) is 5.75 Å². The number of halogens is 2. The van der Waals surface area contributed by atoms with Crippen molar-refractivity contribution in [3.63, 3.8) is 0 Å². The molecule has 1 aromatic heterocycles. The van der Waals surface area contributed by atoms with E-state index in [2.05, 4.69) is 10.3 Å². The largest absolute Gasteiger partial charge is 0.371 e. The Bertz CT molecular complexity index is 344. The van der Waals surface area contributed by atoms with E-state index in [0.717, 1.165) is 23.6 Å². The molecule has 0 saturated heterocycles. The average molecular weight is 308 g/mol. The summed E-state index contributed by atoms with van der Waals surface area (Å²) in [5.41, 5.74) is 1.12. The minimum absolute atomic E-state index is 0. The van der Waals surface area contributed by atoms with Gasteiger partial charge in [0.1, 0.15) is 0 Å². The van der Waals surface area contributed by atoms with Crippen LogP contribution in [0.5, 0.6) is 0 Å². The van der Waals surface area contributed by atoms with E-state index >= 15 is 0 Å². The maximum atomic E-state index is 7.70. The van der Waals surface area contributed by atoms with Gasteiger partial charge in [0.15, 0.2) is 0 Å². The van der Waals surface area contributed by atoms with Crippen LogP contribution in [0.2, 0.25) is 0 Å². The van der Waals surface area contributed by atoms with E-state index < -0.39 is 0 Å². The summed E-state index contributed by atoms with van der Waals surface area (Å²) in [5.74, 6) is 2.63. The van der Waals surface area contributed by atoms with Crippen LogP contribution in [0.25, 0.3) is 0 Å². The molecule has 1 saturated carbocycles. The summed E-state index contributed by atoms with van der Waals surface area (Å²) in [6, 6.07) is 6.59. The van der Waals surface area contributed by atoms with E-state index in [1.165, 1.54) is 12.8 Å².